The van der Waals surface area contributed by atoms with Crippen molar-refractivity contribution in [2.75, 3.05) is 0 Å². The van der Waals surface area contributed by atoms with Gasteiger partial charge in [-0.2, -0.15) is 0 Å². The van der Waals surface area contributed by atoms with Gasteiger partial charge in [0.15, 0.2) is 0 Å². The first-order chi connectivity index (χ1) is 19.4. The summed E-state index contributed by atoms with van der Waals surface area (Å²) >= 11 is 0. The molecule has 0 saturated carbocycles. The van der Waals surface area contributed by atoms with E-state index in [0.717, 1.165) is 0 Å². The molecule has 1 heteroatoms. The SMILES string of the molecule is Cc1ccc(-c2cc3c4cc5cc(C(C)C)ccc5cc4n4c5cc6ccc(C(C)C)cc6cc5c(c2)c34)cc1. The minimum Gasteiger partial charge on any atom is -0.308 e. The summed E-state index contributed by atoms with van der Waals surface area (Å²) in [4.78, 5) is 0. The highest BCUT2D eigenvalue weighted by Gasteiger charge is 2.20. The summed E-state index contributed by atoms with van der Waals surface area (Å²) in [5, 5.41) is 10.6. The molecule has 194 valence electrons. The molecule has 0 amide bonds. The molecule has 1 nitrogen and oxygen atoms in total. The molecule has 2 heterocycles. The van der Waals surface area contributed by atoms with E-state index in [-0.39, 0.29) is 0 Å². The van der Waals surface area contributed by atoms with Gasteiger partial charge in [-0.05, 0) is 99.0 Å². The summed E-state index contributed by atoms with van der Waals surface area (Å²) in [6, 6.07) is 37.4. The van der Waals surface area contributed by atoms with E-state index >= 15 is 0 Å². The normalized spacial score (nSPS) is 12.6. The van der Waals surface area contributed by atoms with Crippen molar-refractivity contribution in [3.63, 3.8) is 0 Å². The molecule has 0 fully saturated rings. The van der Waals surface area contributed by atoms with E-state index in [1.807, 2.05) is 0 Å². The van der Waals surface area contributed by atoms with E-state index in [2.05, 4.69) is 136 Å². The van der Waals surface area contributed by atoms with Gasteiger partial charge in [0.05, 0.1) is 16.6 Å². The lowest BCUT2D eigenvalue weighted by Gasteiger charge is -2.09. The van der Waals surface area contributed by atoms with Crippen molar-refractivity contribution in [1.82, 2.24) is 4.40 Å². The van der Waals surface area contributed by atoms with E-state index in [0.29, 0.717) is 11.8 Å². The molecule has 0 saturated heterocycles. The van der Waals surface area contributed by atoms with Crippen LogP contribution in [-0.4, -0.2) is 4.40 Å². The largest absolute Gasteiger partial charge is 0.308 e. The van der Waals surface area contributed by atoms with Crippen LogP contribution >= 0.6 is 0 Å². The number of aryl methyl sites for hydroxylation is 1. The summed E-state index contributed by atoms with van der Waals surface area (Å²) in [6.07, 6.45) is 0. The number of nitrogens with zero attached hydrogens (tertiary/aromatic N) is 1. The van der Waals surface area contributed by atoms with E-state index in [4.69, 9.17) is 0 Å². The zero-order chi connectivity index (χ0) is 27.3. The van der Waals surface area contributed by atoms with Gasteiger partial charge in [0.25, 0.3) is 0 Å². The Morgan fingerprint density at radius 2 is 0.950 bits per heavy atom. The van der Waals surface area contributed by atoms with Crippen LogP contribution in [0, 0.1) is 6.92 Å². The van der Waals surface area contributed by atoms with Crippen LogP contribution in [0.15, 0.2) is 97.1 Å². The zero-order valence-electron chi connectivity index (χ0n) is 23.8. The Bertz CT molecular complexity index is 2120. The first kappa shape index (κ1) is 23.5. The number of hydrogen-bond acceptors (Lipinski definition) is 0. The van der Waals surface area contributed by atoms with Gasteiger partial charge in [-0.25, -0.2) is 0 Å². The number of rotatable bonds is 3. The second-order valence-corrected chi connectivity index (χ2v) is 12.4. The van der Waals surface area contributed by atoms with Crippen molar-refractivity contribution >= 4 is 59.6 Å². The molecule has 0 spiro atoms. The molecular weight excluding hydrogens is 482 g/mol. The highest BCUT2D eigenvalue weighted by Crippen LogP contribution is 2.44. The average molecular weight is 516 g/mol. The predicted octanol–water partition coefficient (Wildman–Crippen LogP) is 11.4. The fourth-order valence-corrected chi connectivity index (χ4v) is 6.70. The highest BCUT2D eigenvalue weighted by atomic mass is 14.9. The van der Waals surface area contributed by atoms with Crippen LogP contribution in [0.3, 0.4) is 0 Å². The molecule has 0 radical (unpaired) electrons. The van der Waals surface area contributed by atoms with Crippen LogP contribution in [-0.2, 0) is 0 Å². The van der Waals surface area contributed by atoms with Gasteiger partial charge >= 0.3 is 0 Å². The Morgan fingerprint density at radius 1 is 0.450 bits per heavy atom. The molecule has 0 aliphatic rings. The topological polar surface area (TPSA) is 4.41 Å². The molecule has 40 heavy (non-hydrogen) atoms. The van der Waals surface area contributed by atoms with E-state index in [9.17, 15) is 0 Å². The van der Waals surface area contributed by atoms with Crippen molar-refractivity contribution in [3.05, 3.63) is 114 Å². The number of benzene rings is 6. The lowest BCUT2D eigenvalue weighted by atomic mass is 9.95. The van der Waals surface area contributed by atoms with Gasteiger partial charge < -0.3 is 4.40 Å². The van der Waals surface area contributed by atoms with Crippen LogP contribution in [0.4, 0.5) is 0 Å². The number of hydrogen-bond donors (Lipinski definition) is 0. The van der Waals surface area contributed by atoms with Gasteiger partial charge in [0.1, 0.15) is 0 Å². The third-order valence-electron chi connectivity index (χ3n) is 9.07. The Hall–Kier alpha value is -4.36. The van der Waals surface area contributed by atoms with Gasteiger partial charge in [-0.1, -0.05) is 93.9 Å². The Kier molecular flexibility index (Phi) is 4.89. The minimum atomic E-state index is 0.511. The van der Waals surface area contributed by atoms with Crippen molar-refractivity contribution in [2.45, 2.75) is 46.5 Å². The second-order valence-electron chi connectivity index (χ2n) is 12.4. The second kappa shape index (κ2) is 8.32. The summed E-state index contributed by atoms with van der Waals surface area (Å²) in [6.45, 7) is 11.2. The Morgan fingerprint density at radius 3 is 1.43 bits per heavy atom. The molecule has 0 bridgehead atoms. The van der Waals surface area contributed by atoms with Crippen LogP contribution in [0.25, 0.3) is 70.8 Å². The van der Waals surface area contributed by atoms with Gasteiger partial charge in [0.2, 0.25) is 0 Å². The maximum absolute atomic E-state index is 2.53. The quantitative estimate of drug-likeness (QED) is 0.220. The maximum atomic E-state index is 2.53. The lowest BCUT2D eigenvalue weighted by Crippen LogP contribution is -1.88. The number of fused-ring (bicyclic) bond motifs is 8. The molecule has 8 rings (SSSR count). The van der Waals surface area contributed by atoms with Gasteiger partial charge in [-0.15, -0.1) is 0 Å². The summed E-state index contributed by atoms with van der Waals surface area (Å²) in [7, 11) is 0. The predicted molar refractivity (Wildman–Crippen MR) is 174 cm³/mol. The fraction of sp³-hybridized carbons (Fsp3) is 0.179. The van der Waals surface area contributed by atoms with E-state index in [1.165, 1.54) is 87.5 Å². The summed E-state index contributed by atoms with van der Waals surface area (Å²) < 4.78 is 2.53. The molecule has 0 N–H and O–H groups in total. The minimum absolute atomic E-state index is 0.511. The summed E-state index contributed by atoms with van der Waals surface area (Å²) in [5.41, 5.74) is 10.5. The van der Waals surface area contributed by atoms with E-state index < -0.39 is 0 Å². The van der Waals surface area contributed by atoms with Crippen molar-refractivity contribution in [1.29, 1.82) is 0 Å². The molecule has 2 aromatic heterocycles. The molecule has 8 aromatic rings. The van der Waals surface area contributed by atoms with Gasteiger partial charge in [-0.3, -0.25) is 0 Å². The molecule has 6 aromatic carbocycles. The first-order valence-corrected chi connectivity index (χ1v) is 14.6. The van der Waals surface area contributed by atoms with Crippen LogP contribution in [0.1, 0.15) is 56.2 Å². The van der Waals surface area contributed by atoms with Crippen LogP contribution in [0.5, 0.6) is 0 Å². The fourth-order valence-electron chi connectivity index (χ4n) is 6.70. The molecule has 0 atom stereocenters. The van der Waals surface area contributed by atoms with Crippen molar-refractivity contribution in [3.8, 4) is 11.1 Å². The van der Waals surface area contributed by atoms with Gasteiger partial charge in [0, 0.05) is 21.5 Å². The lowest BCUT2D eigenvalue weighted by molar-refractivity contribution is 0.869. The third kappa shape index (κ3) is 3.34. The molecule has 0 aliphatic carbocycles. The Labute approximate surface area is 235 Å². The van der Waals surface area contributed by atoms with Crippen molar-refractivity contribution < 1.29 is 0 Å². The number of aromatic nitrogens is 1. The van der Waals surface area contributed by atoms with Crippen LogP contribution in [0.2, 0.25) is 0 Å². The summed E-state index contributed by atoms with van der Waals surface area (Å²) in [5.74, 6) is 1.02. The smallest absolute Gasteiger partial charge is 0.0620 e. The zero-order valence-corrected chi connectivity index (χ0v) is 23.8. The Balaban J connectivity index is 1.54. The molecular formula is C39H33N. The average Bonchev–Trinajstić information content (AvgIpc) is 3.44. The van der Waals surface area contributed by atoms with Crippen LogP contribution < -0.4 is 0 Å². The monoisotopic (exact) mass is 515 g/mol. The highest BCUT2D eigenvalue weighted by molar-refractivity contribution is 6.27. The third-order valence-corrected chi connectivity index (χ3v) is 9.07. The maximum Gasteiger partial charge on any atom is 0.0620 e. The standard InChI is InChI=1S/C39H33N/c1-22(2)26-10-12-28-20-37-33(16-30(28)14-26)35-18-32(25-8-6-24(5)7-9-25)19-36-34-17-31-15-27(23(3)4)11-13-29(31)21-38(34)40(37)39(35)36/h6-23H,1-5H3. The molecule has 0 unspecified atom stereocenters. The van der Waals surface area contributed by atoms with E-state index in [1.54, 1.807) is 0 Å². The van der Waals surface area contributed by atoms with Crippen molar-refractivity contribution in [2.24, 2.45) is 0 Å². The first-order valence-electron chi connectivity index (χ1n) is 14.6. The molecule has 0 aliphatic heterocycles.